The molecule has 2 heteroatoms. The van der Waals surface area contributed by atoms with Gasteiger partial charge in [-0.1, -0.05) is 57.8 Å². The molecule has 1 saturated carbocycles. The third-order valence-corrected chi connectivity index (χ3v) is 4.80. The molecular weight excluding hydrogens is 222 g/mol. The molecule has 0 radical (unpaired) electrons. The van der Waals surface area contributed by atoms with Gasteiger partial charge in [-0.15, -0.1) is 0 Å². The zero-order valence-electron chi connectivity index (χ0n) is 12.0. The summed E-state index contributed by atoms with van der Waals surface area (Å²) < 4.78 is 6.20. The molecule has 0 aromatic heterocycles. The van der Waals surface area contributed by atoms with E-state index in [-0.39, 0.29) is 5.60 Å². The second kappa shape index (κ2) is 7.49. The average Bonchev–Trinajstić information content (AvgIpc) is 2.34. The summed E-state index contributed by atoms with van der Waals surface area (Å²) in [6.45, 7) is 0.890. The topological polar surface area (TPSA) is 35.2 Å². The molecule has 2 fully saturated rings. The first kappa shape index (κ1) is 14.3. The first-order valence-electron chi connectivity index (χ1n) is 8.20. The molecule has 1 atom stereocenters. The molecule has 0 aromatic carbocycles. The number of hydrogen-bond acceptors (Lipinski definition) is 2. The Hall–Kier alpha value is -0.0800. The van der Waals surface area contributed by atoms with Crippen molar-refractivity contribution in [3.63, 3.8) is 0 Å². The lowest BCUT2D eigenvalue weighted by atomic mass is 9.81. The minimum atomic E-state index is 0.150. The molecule has 2 nitrogen and oxygen atoms in total. The smallest absolute Gasteiger partial charge is 0.0697 e. The van der Waals surface area contributed by atoms with Crippen LogP contribution in [0.1, 0.15) is 83.5 Å². The summed E-state index contributed by atoms with van der Waals surface area (Å²) in [5.74, 6) is 0. The summed E-state index contributed by atoms with van der Waals surface area (Å²) in [6.07, 6.45) is 17.3. The van der Waals surface area contributed by atoms with Gasteiger partial charge in [0.25, 0.3) is 0 Å². The molecule has 1 heterocycles. The second-order valence-electron chi connectivity index (χ2n) is 6.47. The van der Waals surface area contributed by atoms with Gasteiger partial charge in [-0.2, -0.15) is 0 Å². The largest absolute Gasteiger partial charge is 0.375 e. The third kappa shape index (κ3) is 4.55. The lowest BCUT2D eigenvalue weighted by molar-refractivity contribution is -0.0970. The summed E-state index contributed by atoms with van der Waals surface area (Å²) in [6, 6.07) is 0.381. The van der Waals surface area contributed by atoms with Gasteiger partial charge >= 0.3 is 0 Å². The Kier molecular flexibility index (Phi) is 5.97. The van der Waals surface area contributed by atoms with Crippen LogP contribution in [-0.4, -0.2) is 18.2 Å². The highest BCUT2D eigenvalue weighted by Gasteiger charge is 2.35. The maximum atomic E-state index is 6.20. The minimum absolute atomic E-state index is 0.150. The lowest BCUT2D eigenvalue weighted by Gasteiger charge is -2.40. The van der Waals surface area contributed by atoms with Crippen molar-refractivity contribution < 1.29 is 4.74 Å². The third-order valence-electron chi connectivity index (χ3n) is 4.80. The van der Waals surface area contributed by atoms with E-state index in [1.54, 1.807) is 0 Å². The zero-order valence-corrected chi connectivity index (χ0v) is 12.0. The Bertz CT molecular complexity index is 217. The van der Waals surface area contributed by atoms with Crippen molar-refractivity contribution in [2.75, 3.05) is 6.61 Å². The molecule has 1 saturated heterocycles. The molecule has 0 aromatic rings. The Morgan fingerprint density at radius 3 is 1.78 bits per heavy atom. The van der Waals surface area contributed by atoms with E-state index in [0.717, 1.165) is 19.4 Å². The van der Waals surface area contributed by atoms with E-state index in [2.05, 4.69) is 0 Å². The van der Waals surface area contributed by atoms with Crippen LogP contribution in [-0.2, 0) is 4.74 Å². The predicted octanol–water partition coefficient (Wildman–Crippen LogP) is 4.17. The quantitative estimate of drug-likeness (QED) is 0.703. The first-order valence-corrected chi connectivity index (χ1v) is 8.20. The maximum Gasteiger partial charge on any atom is 0.0697 e. The average molecular weight is 253 g/mol. The number of hydrogen-bond donors (Lipinski definition) is 1. The van der Waals surface area contributed by atoms with Gasteiger partial charge in [-0.05, 0) is 25.7 Å². The van der Waals surface area contributed by atoms with Gasteiger partial charge in [0.05, 0.1) is 5.60 Å². The van der Waals surface area contributed by atoms with Gasteiger partial charge < -0.3 is 10.5 Å². The lowest BCUT2D eigenvalue weighted by Crippen LogP contribution is -2.45. The van der Waals surface area contributed by atoms with E-state index >= 15 is 0 Å². The highest BCUT2D eigenvalue weighted by atomic mass is 16.5. The van der Waals surface area contributed by atoms with Crippen LogP contribution >= 0.6 is 0 Å². The SMILES string of the molecule is NC1CCOC2(CCCCCCCCCCC2)C1. The van der Waals surface area contributed by atoms with Crippen LogP contribution in [0, 0.1) is 0 Å². The molecule has 0 amide bonds. The number of rotatable bonds is 0. The molecule has 106 valence electrons. The standard InChI is InChI=1S/C16H31NO/c17-15-10-13-18-16(14-15)11-8-6-4-2-1-3-5-7-9-12-16/h15H,1-14,17H2. The molecule has 1 spiro atoms. The van der Waals surface area contributed by atoms with Gasteiger partial charge in [0.2, 0.25) is 0 Å². The zero-order chi connectivity index (χ0) is 12.7. The Morgan fingerprint density at radius 2 is 1.28 bits per heavy atom. The highest BCUT2D eigenvalue weighted by Crippen LogP contribution is 2.35. The molecule has 0 bridgehead atoms. The van der Waals surface area contributed by atoms with E-state index in [4.69, 9.17) is 10.5 Å². The normalized spacial score (nSPS) is 31.5. The monoisotopic (exact) mass is 253 g/mol. The summed E-state index contributed by atoms with van der Waals surface area (Å²) in [5, 5.41) is 0. The summed E-state index contributed by atoms with van der Waals surface area (Å²) in [7, 11) is 0. The van der Waals surface area contributed by atoms with Crippen LogP contribution in [0.5, 0.6) is 0 Å². The van der Waals surface area contributed by atoms with E-state index in [9.17, 15) is 0 Å². The fourth-order valence-corrected chi connectivity index (χ4v) is 3.67. The van der Waals surface area contributed by atoms with Crippen LogP contribution in [0.4, 0.5) is 0 Å². The molecule has 2 rings (SSSR count). The Labute approximate surface area is 113 Å². The van der Waals surface area contributed by atoms with Crippen LogP contribution < -0.4 is 5.73 Å². The van der Waals surface area contributed by atoms with E-state index in [1.807, 2.05) is 0 Å². The van der Waals surface area contributed by atoms with Crippen molar-refractivity contribution in [2.24, 2.45) is 5.73 Å². The molecular formula is C16H31NO. The number of nitrogens with two attached hydrogens (primary N) is 1. The van der Waals surface area contributed by atoms with Gasteiger partial charge in [0.1, 0.15) is 0 Å². The first-order chi connectivity index (χ1) is 8.81. The van der Waals surface area contributed by atoms with Gasteiger partial charge in [-0.3, -0.25) is 0 Å². The fourth-order valence-electron chi connectivity index (χ4n) is 3.67. The van der Waals surface area contributed by atoms with Gasteiger partial charge in [0.15, 0.2) is 0 Å². The van der Waals surface area contributed by atoms with E-state index < -0.39 is 0 Å². The fraction of sp³-hybridized carbons (Fsp3) is 1.00. The molecule has 18 heavy (non-hydrogen) atoms. The molecule has 1 aliphatic carbocycles. The van der Waals surface area contributed by atoms with Gasteiger partial charge in [0, 0.05) is 12.6 Å². The molecule has 2 N–H and O–H groups in total. The van der Waals surface area contributed by atoms with Crippen LogP contribution in [0.15, 0.2) is 0 Å². The summed E-state index contributed by atoms with van der Waals surface area (Å²) >= 11 is 0. The van der Waals surface area contributed by atoms with Crippen molar-refractivity contribution in [1.82, 2.24) is 0 Å². The highest BCUT2D eigenvalue weighted by molar-refractivity contribution is 4.88. The molecule has 1 aliphatic heterocycles. The van der Waals surface area contributed by atoms with Crippen molar-refractivity contribution in [3.8, 4) is 0 Å². The van der Waals surface area contributed by atoms with Crippen LogP contribution in [0.2, 0.25) is 0 Å². The molecule has 2 aliphatic rings. The van der Waals surface area contributed by atoms with Crippen LogP contribution in [0.25, 0.3) is 0 Å². The van der Waals surface area contributed by atoms with Crippen LogP contribution in [0.3, 0.4) is 0 Å². The molecule has 1 unspecified atom stereocenters. The van der Waals surface area contributed by atoms with Crippen molar-refractivity contribution in [2.45, 2.75) is 95.1 Å². The number of ether oxygens (including phenoxy) is 1. The van der Waals surface area contributed by atoms with Crippen molar-refractivity contribution >= 4 is 0 Å². The summed E-state index contributed by atoms with van der Waals surface area (Å²) in [4.78, 5) is 0. The minimum Gasteiger partial charge on any atom is -0.375 e. The van der Waals surface area contributed by atoms with E-state index in [1.165, 1.54) is 70.6 Å². The second-order valence-corrected chi connectivity index (χ2v) is 6.47. The maximum absolute atomic E-state index is 6.20. The van der Waals surface area contributed by atoms with Crippen molar-refractivity contribution in [3.05, 3.63) is 0 Å². The predicted molar refractivity (Wildman–Crippen MR) is 76.7 cm³/mol. The Balaban J connectivity index is 1.87. The van der Waals surface area contributed by atoms with E-state index in [0.29, 0.717) is 6.04 Å². The summed E-state index contributed by atoms with van der Waals surface area (Å²) in [5.41, 5.74) is 6.33. The Morgan fingerprint density at radius 1 is 0.778 bits per heavy atom. The van der Waals surface area contributed by atoms with Gasteiger partial charge in [-0.25, -0.2) is 0 Å². The van der Waals surface area contributed by atoms with Crippen molar-refractivity contribution in [1.29, 1.82) is 0 Å².